The van der Waals surface area contributed by atoms with Crippen molar-refractivity contribution >= 4 is 15.9 Å². The fourth-order valence-corrected chi connectivity index (χ4v) is 5.10. The Morgan fingerprint density at radius 2 is 1.79 bits per heavy atom. The number of methoxy groups -OCH3 is 1. The van der Waals surface area contributed by atoms with Gasteiger partial charge in [0, 0.05) is 19.6 Å². The smallest absolute Gasteiger partial charge is 0.255 e. The summed E-state index contributed by atoms with van der Waals surface area (Å²) in [5.74, 6) is -0.0159. The Kier molecular flexibility index (Phi) is 6.92. The summed E-state index contributed by atoms with van der Waals surface area (Å²) < 4.78 is 33.0. The number of aryl methyl sites for hydroxylation is 1. The van der Waals surface area contributed by atoms with Crippen LogP contribution in [0, 0.1) is 6.92 Å². The van der Waals surface area contributed by atoms with Gasteiger partial charge in [0.1, 0.15) is 5.75 Å². The van der Waals surface area contributed by atoms with Gasteiger partial charge in [0.25, 0.3) is 5.91 Å². The minimum Gasteiger partial charge on any atom is -0.496 e. The van der Waals surface area contributed by atoms with E-state index in [0.29, 0.717) is 25.4 Å². The van der Waals surface area contributed by atoms with Gasteiger partial charge in [0.05, 0.1) is 17.6 Å². The highest BCUT2D eigenvalue weighted by atomic mass is 32.2. The number of carbonyl (C=O) groups excluding carboxylic acids is 1. The zero-order valence-corrected chi connectivity index (χ0v) is 17.8. The molecule has 1 N–H and O–H groups in total. The Balaban J connectivity index is 1.83. The van der Waals surface area contributed by atoms with Crippen LogP contribution in [0.2, 0.25) is 0 Å². The van der Waals surface area contributed by atoms with Crippen molar-refractivity contribution in [2.45, 2.75) is 44.0 Å². The lowest BCUT2D eigenvalue weighted by molar-refractivity contribution is 0.0947. The van der Waals surface area contributed by atoms with Crippen LogP contribution >= 0.6 is 0 Å². The molecular formula is C22H28N2O4S. The number of hydrogen-bond donors (Lipinski definition) is 1. The molecule has 0 aromatic heterocycles. The summed E-state index contributed by atoms with van der Waals surface area (Å²) in [5, 5.41) is 2.86. The maximum atomic E-state index is 13.1. The van der Waals surface area contributed by atoms with Crippen molar-refractivity contribution in [2.24, 2.45) is 0 Å². The number of nitrogens with zero attached hydrogens (tertiary/aromatic N) is 1. The Morgan fingerprint density at radius 3 is 2.45 bits per heavy atom. The minimum atomic E-state index is -3.64. The van der Waals surface area contributed by atoms with Crippen LogP contribution in [0.1, 0.15) is 47.2 Å². The molecule has 0 atom stereocenters. The van der Waals surface area contributed by atoms with E-state index in [-0.39, 0.29) is 16.4 Å². The quantitative estimate of drug-likeness (QED) is 0.782. The number of sulfonamides is 1. The molecule has 7 heteroatoms. The maximum Gasteiger partial charge on any atom is 0.255 e. The monoisotopic (exact) mass is 416 g/mol. The van der Waals surface area contributed by atoms with Gasteiger partial charge in [-0.05, 0) is 43.5 Å². The molecule has 1 amide bonds. The number of carbonyl (C=O) groups is 1. The largest absolute Gasteiger partial charge is 0.496 e. The summed E-state index contributed by atoms with van der Waals surface area (Å²) in [6.45, 7) is 3.38. The average molecular weight is 417 g/mol. The van der Waals surface area contributed by atoms with E-state index in [0.717, 1.165) is 36.8 Å². The lowest BCUT2D eigenvalue weighted by atomic mass is 10.1. The van der Waals surface area contributed by atoms with Gasteiger partial charge in [0.2, 0.25) is 10.0 Å². The van der Waals surface area contributed by atoms with E-state index in [2.05, 4.69) is 5.32 Å². The van der Waals surface area contributed by atoms with Crippen LogP contribution in [0.3, 0.4) is 0 Å². The predicted molar refractivity (Wildman–Crippen MR) is 113 cm³/mol. The van der Waals surface area contributed by atoms with Gasteiger partial charge in [0.15, 0.2) is 0 Å². The topological polar surface area (TPSA) is 75.7 Å². The van der Waals surface area contributed by atoms with E-state index in [1.54, 1.807) is 6.07 Å². The van der Waals surface area contributed by atoms with Crippen LogP contribution in [0.15, 0.2) is 47.4 Å². The van der Waals surface area contributed by atoms with Crippen LogP contribution < -0.4 is 10.1 Å². The van der Waals surface area contributed by atoms with Crippen molar-refractivity contribution < 1.29 is 17.9 Å². The number of rotatable bonds is 6. The zero-order valence-electron chi connectivity index (χ0n) is 17.0. The summed E-state index contributed by atoms with van der Waals surface area (Å²) >= 11 is 0. The molecule has 1 fully saturated rings. The van der Waals surface area contributed by atoms with Crippen molar-refractivity contribution in [1.82, 2.24) is 9.62 Å². The predicted octanol–water partition coefficient (Wildman–Crippen LogP) is 3.50. The lowest BCUT2D eigenvalue weighted by Crippen LogP contribution is -2.32. The molecule has 1 heterocycles. The Morgan fingerprint density at radius 1 is 1.07 bits per heavy atom. The summed E-state index contributed by atoms with van der Waals surface area (Å²) in [5.41, 5.74) is 2.31. The van der Waals surface area contributed by atoms with E-state index < -0.39 is 10.0 Å². The Hall–Kier alpha value is -2.38. The molecule has 1 aliphatic rings. The molecule has 0 aliphatic carbocycles. The second-order valence-electron chi connectivity index (χ2n) is 7.35. The van der Waals surface area contributed by atoms with Gasteiger partial charge >= 0.3 is 0 Å². The molecule has 0 saturated carbocycles. The fourth-order valence-electron chi connectivity index (χ4n) is 3.56. The van der Waals surface area contributed by atoms with E-state index >= 15 is 0 Å². The van der Waals surface area contributed by atoms with Crippen LogP contribution in [-0.4, -0.2) is 38.8 Å². The first-order valence-electron chi connectivity index (χ1n) is 9.94. The van der Waals surface area contributed by atoms with Crippen LogP contribution in [0.4, 0.5) is 0 Å². The third kappa shape index (κ3) is 5.16. The molecule has 0 unspecified atom stereocenters. The van der Waals surface area contributed by atoms with Crippen molar-refractivity contribution in [2.75, 3.05) is 20.2 Å². The average Bonchev–Trinajstić information content (AvgIpc) is 3.01. The highest BCUT2D eigenvalue weighted by Crippen LogP contribution is 2.26. The van der Waals surface area contributed by atoms with Crippen LogP contribution in [-0.2, 0) is 16.6 Å². The molecule has 2 aromatic carbocycles. The molecule has 156 valence electrons. The number of ether oxygens (including phenoxy) is 1. The highest BCUT2D eigenvalue weighted by molar-refractivity contribution is 7.89. The molecule has 6 nitrogen and oxygen atoms in total. The van der Waals surface area contributed by atoms with Gasteiger partial charge in [-0.3, -0.25) is 4.79 Å². The van der Waals surface area contributed by atoms with E-state index in [4.69, 9.17) is 4.74 Å². The molecule has 3 rings (SSSR count). The number of hydrogen-bond acceptors (Lipinski definition) is 4. The van der Waals surface area contributed by atoms with Gasteiger partial charge < -0.3 is 10.1 Å². The van der Waals surface area contributed by atoms with Gasteiger partial charge in [-0.15, -0.1) is 0 Å². The first kappa shape index (κ1) is 21.3. The van der Waals surface area contributed by atoms with E-state index in [1.165, 1.54) is 23.5 Å². The third-order valence-electron chi connectivity index (χ3n) is 5.15. The summed E-state index contributed by atoms with van der Waals surface area (Å²) in [7, 11) is -2.17. The number of nitrogens with one attached hydrogen (secondary N) is 1. The molecule has 0 radical (unpaired) electrons. The molecule has 1 saturated heterocycles. The van der Waals surface area contributed by atoms with E-state index in [1.807, 2.05) is 31.2 Å². The molecule has 2 aromatic rings. The van der Waals surface area contributed by atoms with Crippen molar-refractivity contribution in [3.8, 4) is 5.75 Å². The van der Waals surface area contributed by atoms with Gasteiger partial charge in [-0.2, -0.15) is 4.31 Å². The fraction of sp³-hybridized carbons (Fsp3) is 0.409. The second kappa shape index (κ2) is 9.41. The first-order valence-corrected chi connectivity index (χ1v) is 11.4. The summed E-state index contributed by atoms with van der Waals surface area (Å²) in [4.78, 5) is 12.9. The molecule has 0 spiro atoms. The zero-order chi connectivity index (χ0) is 20.9. The standard InChI is InChI=1S/C22H28N2O4S/c1-17-8-7-9-18(14-17)16-23-22(25)20-15-19(10-11-21(20)28-2)29(26,27)24-12-5-3-4-6-13-24/h7-11,14-15H,3-6,12-13,16H2,1-2H3,(H,23,25). The first-order chi connectivity index (χ1) is 13.9. The van der Waals surface area contributed by atoms with Crippen molar-refractivity contribution in [1.29, 1.82) is 0 Å². The lowest BCUT2D eigenvalue weighted by Gasteiger charge is -2.20. The van der Waals surface area contributed by atoms with Crippen LogP contribution in [0.5, 0.6) is 5.75 Å². The van der Waals surface area contributed by atoms with Crippen molar-refractivity contribution in [3.05, 3.63) is 59.2 Å². The number of benzene rings is 2. The van der Waals surface area contributed by atoms with E-state index in [9.17, 15) is 13.2 Å². The molecular weight excluding hydrogens is 388 g/mol. The molecule has 1 aliphatic heterocycles. The number of amides is 1. The van der Waals surface area contributed by atoms with Crippen LogP contribution in [0.25, 0.3) is 0 Å². The normalized spacial score (nSPS) is 15.5. The Labute approximate surface area is 172 Å². The van der Waals surface area contributed by atoms with Gasteiger partial charge in [-0.25, -0.2) is 8.42 Å². The van der Waals surface area contributed by atoms with Crippen molar-refractivity contribution in [3.63, 3.8) is 0 Å². The SMILES string of the molecule is COc1ccc(S(=O)(=O)N2CCCCCC2)cc1C(=O)NCc1cccc(C)c1. The second-order valence-corrected chi connectivity index (χ2v) is 9.29. The maximum absolute atomic E-state index is 13.1. The summed E-state index contributed by atoms with van der Waals surface area (Å²) in [6, 6.07) is 12.3. The van der Waals surface area contributed by atoms with Gasteiger partial charge in [-0.1, -0.05) is 42.7 Å². The third-order valence-corrected chi connectivity index (χ3v) is 7.05. The summed E-state index contributed by atoms with van der Waals surface area (Å²) in [6.07, 6.45) is 3.81. The molecule has 0 bridgehead atoms. The Bertz CT molecular complexity index is 965. The molecule has 29 heavy (non-hydrogen) atoms. The minimum absolute atomic E-state index is 0.126. The highest BCUT2D eigenvalue weighted by Gasteiger charge is 2.27.